The Morgan fingerprint density at radius 2 is 1.93 bits per heavy atom. The van der Waals surface area contributed by atoms with Gasteiger partial charge in [0.2, 0.25) is 0 Å². The quantitative estimate of drug-likeness (QED) is 0.700. The van der Waals surface area contributed by atoms with Crippen molar-refractivity contribution in [3.8, 4) is 0 Å². The van der Waals surface area contributed by atoms with Crippen LogP contribution in [0.4, 0.5) is 0 Å². The van der Waals surface area contributed by atoms with Gasteiger partial charge in [0, 0.05) is 23.5 Å². The summed E-state index contributed by atoms with van der Waals surface area (Å²) >= 11 is 6.07. The Labute approximate surface area is 173 Å². The van der Waals surface area contributed by atoms with Gasteiger partial charge in [-0.15, -0.1) is 0 Å². The molecule has 1 unspecified atom stereocenters. The summed E-state index contributed by atoms with van der Waals surface area (Å²) in [5.41, 5.74) is 1.97. The first-order valence-electron chi connectivity index (χ1n) is 10.8. The molecule has 5 heteroatoms. The van der Waals surface area contributed by atoms with Gasteiger partial charge in [-0.1, -0.05) is 44.0 Å². The van der Waals surface area contributed by atoms with Crippen molar-refractivity contribution >= 4 is 23.2 Å². The van der Waals surface area contributed by atoms with Gasteiger partial charge in [-0.25, -0.2) is 0 Å². The Morgan fingerprint density at radius 3 is 2.50 bits per heavy atom. The van der Waals surface area contributed by atoms with Gasteiger partial charge in [0.15, 0.2) is 0 Å². The predicted molar refractivity (Wildman–Crippen MR) is 114 cm³/mol. The minimum absolute atomic E-state index is 0.0282. The molecule has 2 saturated carbocycles. The SMILES string of the molecule is CCCCN1N=C(C(=O)N[C@@]2(C)C3CCC2(C)CC3)CC1c1ccc(Cl)cc1. The summed E-state index contributed by atoms with van der Waals surface area (Å²) in [6.45, 7) is 7.66. The number of halogens is 1. The maximum absolute atomic E-state index is 13.2. The molecule has 0 aromatic heterocycles. The summed E-state index contributed by atoms with van der Waals surface area (Å²) in [6.07, 6.45) is 7.74. The first kappa shape index (κ1) is 19.8. The number of hydrogen-bond acceptors (Lipinski definition) is 3. The molecule has 0 spiro atoms. The summed E-state index contributed by atoms with van der Waals surface area (Å²) in [6, 6.07) is 8.08. The molecular weight excluding hydrogens is 370 g/mol. The van der Waals surface area contributed by atoms with Crippen LogP contribution in [0.3, 0.4) is 0 Å². The third kappa shape index (κ3) is 3.24. The number of nitrogens with one attached hydrogen (secondary N) is 1. The Hall–Kier alpha value is -1.55. The van der Waals surface area contributed by atoms with Crippen molar-refractivity contribution in [3.63, 3.8) is 0 Å². The zero-order chi connectivity index (χ0) is 19.9. The van der Waals surface area contributed by atoms with Gasteiger partial charge in [-0.2, -0.15) is 5.10 Å². The van der Waals surface area contributed by atoms with E-state index in [0.29, 0.717) is 18.1 Å². The number of unbranched alkanes of at least 4 members (excludes halogenated alkanes) is 1. The minimum Gasteiger partial charge on any atom is -0.345 e. The van der Waals surface area contributed by atoms with Gasteiger partial charge in [-0.3, -0.25) is 9.80 Å². The number of amides is 1. The molecule has 3 aliphatic rings. The average Bonchev–Trinajstić information content (AvgIpc) is 3.28. The average molecular weight is 402 g/mol. The summed E-state index contributed by atoms with van der Waals surface area (Å²) in [5.74, 6) is 0.632. The largest absolute Gasteiger partial charge is 0.345 e. The van der Waals surface area contributed by atoms with Crippen LogP contribution in [0.1, 0.15) is 77.3 Å². The number of nitrogens with zero attached hydrogens (tertiary/aromatic N) is 2. The lowest BCUT2D eigenvalue weighted by molar-refractivity contribution is -0.117. The fourth-order valence-electron chi connectivity index (χ4n) is 5.60. The van der Waals surface area contributed by atoms with Crippen molar-refractivity contribution in [1.82, 2.24) is 10.3 Å². The Bertz CT molecular complexity index is 767. The van der Waals surface area contributed by atoms with Crippen LogP contribution < -0.4 is 5.32 Å². The Morgan fingerprint density at radius 1 is 1.25 bits per heavy atom. The van der Waals surface area contributed by atoms with Crippen LogP contribution in [-0.4, -0.2) is 28.7 Å². The highest BCUT2D eigenvalue weighted by atomic mass is 35.5. The summed E-state index contributed by atoms with van der Waals surface area (Å²) in [5, 5.41) is 11.1. The second-order valence-electron chi connectivity index (χ2n) is 9.33. The van der Waals surface area contributed by atoms with E-state index in [4.69, 9.17) is 16.7 Å². The van der Waals surface area contributed by atoms with Crippen LogP contribution >= 0.6 is 11.6 Å². The van der Waals surface area contributed by atoms with Gasteiger partial charge in [-0.05, 0) is 68.1 Å². The maximum Gasteiger partial charge on any atom is 0.268 e. The lowest BCUT2D eigenvalue weighted by Crippen LogP contribution is -2.55. The van der Waals surface area contributed by atoms with E-state index in [0.717, 1.165) is 24.4 Å². The maximum atomic E-state index is 13.2. The molecule has 4 rings (SSSR count). The highest BCUT2D eigenvalue weighted by Crippen LogP contribution is 2.60. The van der Waals surface area contributed by atoms with E-state index in [2.05, 4.69) is 43.2 Å². The fraction of sp³-hybridized carbons (Fsp3) is 0.652. The summed E-state index contributed by atoms with van der Waals surface area (Å²) in [7, 11) is 0. The number of rotatable bonds is 6. The van der Waals surface area contributed by atoms with Crippen molar-refractivity contribution in [2.24, 2.45) is 16.4 Å². The molecule has 28 heavy (non-hydrogen) atoms. The van der Waals surface area contributed by atoms with Crippen LogP contribution in [0.5, 0.6) is 0 Å². The van der Waals surface area contributed by atoms with Gasteiger partial charge in [0.1, 0.15) is 5.71 Å². The topological polar surface area (TPSA) is 44.7 Å². The van der Waals surface area contributed by atoms with E-state index in [1.54, 1.807) is 0 Å². The second kappa shape index (κ2) is 7.37. The lowest BCUT2D eigenvalue weighted by atomic mass is 9.76. The van der Waals surface area contributed by atoms with E-state index >= 15 is 0 Å². The number of fused-ring (bicyclic) bond motifs is 2. The van der Waals surface area contributed by atoms with Crippen LogP contribution in [0.2, 0.25) is 5.02 Å². The first-order chi connectivity index (χ1) is 13.4. The van der Waals surface area contributed by atoms with Crippen molar-refractivity contribution in [1.29, 1.82) is 0 Å². The monoisotopic (exact) mass is 401 g/mol. The van der Waals surface area contributed by atoms with Crippen molar-refractivity contribution in [2.75, 3.05) is 6.54 Å². The number of benzene rings is 1. The third-order valence-corrected chi connectivity index (χ3v) is 8.04. The molecule has 1 amide bonds. The zero-order valence-corrected chi connectivity index (χ0v) is 18.1. The number of hydrazone groups is 1. The second-order valence-corrected chi connectivity index (χ2v) is 9.76. The van der Waals surface area contributed by atoms with Crippen molar-refractivity contribution in [2.45, 2.75) is 77.3 Å². The molecule has 2 bridgehead atoms. The molecule has 2 atom stereocenters. The van der Waals surface area contributed by atoms with Crippen molar-refractivity contribution < 1.29 is 4.79 Å². The standard InChI is InChI=1S/C23H32ClN3O/c1-4-5-14-27-20(16-6-8-18(24)9-7-16)15-19(26-27)21(28)25-23(3)17-10-12-22(23,2)13-11-17/h6-9,17,20H,4-5,10-15H2,1-3H3,(H,25,28)/t17?,20?,22?,23-/m0/s1. The molecule has 1 aliphatic heterocycles. The number of carbonyl (C=O) groups excluding carboxylic acids is 1. The molecule has 152 valence electrons. The Balaban J connectivity index is 1.52. The van der Waals surface area contributed by atoms with Crippen LogP contribution in [-0.2, 0) is 4.79 Å². The molecule has 0 radical (unpaired) electrons. The molecule has 1 N–H and O–H groups in total. The van der Waals surface area contributed by atoms with Crippen molar-refractivity contribution in [3.05, 3.63) is 34.9 Å². The molecule has 1 aromatic rings. The van der Waals surface area contributed by atoms with E-state index in [-0.39, 0.29) is 22.9 Å². The van der Waals surface area contributed by atoms with Crippen LogP contribution in [0, 0.1) is 11.3 Å². The first-order valence-corrected chi connectivity index (χ1v) is 11.2. The Kier molecular flexibility index (Phi) is 5.20. The van der Waals surface area contributed by atoms with Gasteiger partial charge >= 0.3 is 0 Å². The lowest BCUT2D eigenvalue weighted by Gasteiger charge is -2.39. The normalized spacial score (nSPS) is 34.0. The van der Waals surface area contributed by atoms with Crippen LogP contribution in [0.25, 0.3) is 0 Å². The number of hydrogen-bond donors (Lipinski definition) is 1. The van der Waals surface area contributed by atoms with E-state index in [1.165, 1.54) is 31.2 Å². The van der Waals surface area contributed by atoms with Gasteiger partial charge in [0.25, 0.3) is 5.91 Å². The summed E-state index contributed by atoms with van der Waals surface area (Å²) < 4.78 is 0. The highest BCUT2D eigenvalue weighted by Gasteiger charge is 2.59. The fourth-order valence-corrected chi connectivity index (χ4v) is 5.72. The smallest absolute Gasteiger partial charge is 0.268 e. The van der Waals surface area contributed by atoms with E-state index < -0.39 is 0 Å². The molecule has 1 aromatic carbocycles. The highest BCUT2D eigenvalue weighted by molar-refractivity contribution is 6.39. The van der Waals surface area contributed by atoms with Crippen LogP contribution in [0.15, 0.2) is 29.4 Å². The van der Waals surface area contributed by atoms with Gasteiger partial charge < -0.3 is 5.32 Å². The van der Waals surface area contributed by atoms with E-state index in [9.17, 15) is 4.79 Å². The van der Waals surface area contributed by atoms with Gasteiger partial charge in [0.05, 0.1) is 6.04 Å². The predicted octanol–water partition coefficient (Wildman–Crippen LogP) is 5.33. The van der Waals surface area contributed by atoms with E-state index in [1.807, 2.05) is 12.1 Å². The number of carbonyl (C=O) groups is 1. The molecule has 2 aliphatic carbocycles. The summed E-state index contributed by atoms with van der Waals surface area (Å²) in [4.78, 5) is 13.2. The molecule has 0 saturated heterocycles. The third-order valence-electron chi connectivity index (χ3n) is 7.79. The molecule has 4 nitrogen and oxygen atoms in total. The zero-order valence-electron chi connectivity index (χ0n) is 17.3. The molecular formula is C23H32ClN3O. The molecule has 2 fully saturated rings. The molecule has 1 heterocycles. The minimum atomic E-state index is -0.0980.